The van der Waals surface area contributed by atoms with Crippen LogP contribution in [0.25, 0.3) is 22.3 Å². The number of para-hydroxylation sites is 1. The molecular formula is C24H22N4O5S. The van der Waals surface area contributed by atoms with Gasteiger partial charge in [-0.25, -0.2) is 13.4 Å². The lowest BCUT2D eigenvalue weighted by molar-refractivity contribution is -0.385. The van der Waals surface area contributed by atoms with E-state index in [1.54, 1.807) is 32.0 Å². The van der Waals surface area contributed by atoms with E-state index in [4.69, 9.17) is 4.74 Å². The molecule has 0 fully saturated rings. The highest BCUT2D eigenvalue weighted by atomic mass is 32.2. The lowest BCUT2D eigenvalue weighted by Crippen LogP contribution is -2.30. The molecule has 0 aliphatic heterocycles. The molecule has 0 N–H and O–H groups in total. The fourth-order valence-electron chi connectivity index (χ4n) is 3.54. The molecule has 0 atom stereocenters. The fraction of sp³-hybridized carbons (Fsp3) is 0.167. The van der Waals surface area contributed by atoms with Crippen molar-refractivity contribution in [1.82, 2.24) is 14.3 Å². The largest absolute Gasteiger partial charge is 0.431 e. The Hall–Kier alpha value is -3.89. The summed E-state index contributed by atoms with van der Waals surface area (Å²) < 4.78 is 32.9. The first-order valence-corrected chi connectivity index (χ1v) is 12.1. The van der Waals surface area contributed by atoms with Crippen molar-refractivity contribution in [2.75, 3.05) is 13.1 Å². The van der Waals surface area contributed by atoms with Gasteiger partial charge in [0.2, 0.25) is 21.7 Å². The van der Waals surface area contributed by atoms with E-state index in [1.165, 1.54) is 16.4 Å². The van der Waals surface area contributed by atoms with E-state index in [9.17, 15) is 18.5 Å². The molecule has 9 nitrogen and oxygen atoms in total. The van der Waals surface area contributed by atoms with Gasteiger partial charge in [-0.2, -0.15) is 9.29 Å². The molecule has 34 heavy (non-hydrogen) atoms. The van der Waals surface area contributed by atoms with Crippen molar-refractivity contribution in [2.24, 2.45) is 0 Å². The molecule has 3 aromatic carbocycles. The van der Waals surface area contributed by atoms with Crippen molar-refractivity contribution >= 4 is 26.6 Å². The summed E-state index contributed by atoms with van der Waals surface area (Å²) in [6.07, 6.45) is 0. The minimum absolute atomic E-state index is 0.119. The second-order valence-corrected chi connectivity index (χ2v) is 9.25. The Kier molecular flexibility index (Phi) is 6.53. The van der Waals surface area contributed by atoms with Gasteiger partial charge in [-0.05, 0) is 24.3 Å². The standard InChI is InChI=1S/C24H22N4O5S/c1-3-27(4-2)34(31,32)18-14-15-22(21(16-18)28(29)30)33-24-19-12-8-9-13-20(19)25-23(26-24)17-10-6-5-7-11-17/h5-16H,3-4H2,1-2H3. The summed E-state index contributed by atoms with van der Waals surface area (Å²) in [6.45, 7) is 3.91. The van der Waals surface area contributed by atoms with Crippen LogP contribution in [0.5, 0.6) is 11.6 Å². The van der Waals surface area contributed by atoms with Gasteiger partial charge >= 0.3 is 5.69 Å². The average Bonchev–Trinajstić information content (AvgIpc) is 2.85. The van der Waals surface area contributed by atoms with Gasteiger partial charge in [-0.3, -0.25) is 10.1 Å². The van der Waals surface area contributed by atoms with Crippen molar-refractivity contribution in [3.05, 3.63) is 82.9 Å². The zero-order valence-corrected chi connectivity index (χ0v) is 19.4. The number of hydrogen-bond donors (Lipinski definition) is 0. The van der Waals surface area contributed by atoms with E-state index < -0.39 is 20.6 Å². The third-order valence-corrected chi connectivity index (χ3v) is 7.32. The molecule has 0 radical (unpaired) electrons. The molecule has 174 valence electrons. The zero-order chi connectivity index (χ0) is 24.3. The SMILES string of the molecule is CCN(CC)S(=O)(=O)c1ccc(Oc2nc(-c3ccccc3)nc3ccccc23)c([N+](=O)[O-])c1. The topological polar surface area (TPSA) is 116 Å². The molecule has 0 unspecified atom stereocenters. The van der Waals surface area contributed by atoms with Crippen molar-refractivity contribution in [2.45, 2.75) is 18.7 Å². The second-order valence-electron chi connectivity index (χ2n) is 7.31. The summed E-state index contributed by atoms with van der Waals surface area (Å²) in [5.41, 5.74) is 0.889. The van der Waals surface area contributed by atoms with Crippen LogP contribution in [-0.4, -0.2) is 40.7 Å². The number of nitro benzene ring substituents is 1. The van der Waals surface area contributed by atoms with Crippen molar-refractivity contribution in [1.29, 1.82) is 0 Å². The molecule has 0 amide bonds. The van der Waals surface area contributed by atoms with E-state index >= 15 is 0 Å². The van der Waals surface area contributed by atoms with Crippen LogP contribution >= 0.6 is 0 Å². The monoisotopic (exact) mass is 478 g/mol. The maximum atomic E-state index is 12.9. The Bertz CT molecular complexity index is 1460. The number of benzene rings is 3. The molecule has 1 aromatic heterocycles. The number of sulfonamides is 1. The fourth-order valence-corrected chi connectivity index (χ4v) is 5.02. The van der Waals surface area contributed by atoms with Crippen LogP contribution in [0.2, 0.25) is 0 Å². The molecule has 10 heteroatoms. The summed E-state index contributed by atoms with van der Waals surface area (Å²) in [7, 11) is -3.88. The third kappa shape index (κ3) is 4.45. The van der Waals surface area contributed by atoms with E-state index in [2.05, 4.69) is 9.97 Å². The Labute approximate surface area is 196 Å². The molecular weight excluding hydrogens is 456 g/mol. The molecule has 0 bridgehead atoms. The number of nitro groups is 1. The Balaban J connectivity index is 1.82. The van der Waals surface area contributed by atoms with E-state index in [1.807, 2.05) is 36.4 Å². The number of ether oxygens (including phenoxy) is 1. The number of hydrogen-bond acceptors (Lipinski definition) is 7. The van der Waals surface area contributed by atoms with E-state index in [-0.39, 0.29) is 29.6 Å². The van der Waals surface area contributed by atoms with Crippen molar-refractivity contribution in [3.63, 3.8) is 0 Å². The van der Waals surface area contributed by atoms with Crippen LogP contribution in [-0.2, 0) is 10.0 Å². The van der Waals surface area contributed by atoms with E-state index in [0.29, 0.717) is 16.7 Å². The summed E-state index contributed by atoms with van der Waals surface area (Å²) >= 11 is 0. The van der Waals surface area contributed by atoms with Gasteiger partial charge in [-0.15, -0.1) is 0 Å². The predicted octanol–water partition coefficient (Wildman–Crippen LogP) is 5.03. The average molecular weight is 479 g/mol. The Morgan fingerprint density at radius 1 is 0.941 bits per heavy atom. The van der Waals surface area contributed by atoms with Crippen LogP contribution in [0.4, 0.5) is 5.69 Å². The Morgan fingerprint density at radius 3 is 2.29 bits per heavy atom. The van der Waals surface area contributed by atoms with E-state index in [0.717, 1.165) is 11.6 Å². The van der Waals surface area contributed by atoms with Gasteiger partial charge in [0.05, 0.1) is 20.7 Å². The lowest BCUT2D eigenvalue weighted by atomic mass is 10.2. The summed E-state index contributed by atoms with van der Waals surface area (Å²) in [5.74, 6) is 0.413. The first-order chi connectivity index (χ1) is 16.3. The molecule has 0 saturated heterocycles. The third-order valence-electron chi connectivity index (χ3n) is 5.28. The molecule has 4 rings (SSSR count). The number of nitrogens with zero attached hydrogens (tertiary/aromatic N) is 4. The lowest BCUT2D eigenvalue weighted by Gasteiger charge is -2.18. The summed E-state index contributed by atoms with van der Waals surface area (Å²) in [6, 6.07) is 20.1. The van der Waals surface area contributed by atoms with Gasteiger partial charge < -0.3 is 4.74 Å². The first kappa shape index (κ1) is 23.3. The molecule has 0 spiro atoms. The number of fused-ring (bicyclic) bond motifs is 1. The smallest absolute Gasteiger partial charge is 0.312 e. The van der Waals surface area contributed by atoms with Crippen LogP contribution in [0.15, 0.2) is 77.7 Å². The van der Waals surface area contributed by atoms with Crippen LogP contribution < -0.4 is 4.74 Å². The first-order valence-electron chi connectivity index (χ1n) is 10.6. The molecule has 0 aliphatic carbocycles. The Morgan fingerprint density at radius 2 is 1.62 bits per heavy atom. The van der Waals surface area contributed by atoms with Crippen LogP contribution in [0, 0.1) is 10.1 Å². The van der Waals surface area contributed by atoms with Crippen LogP contribution in [0.3, 0.4) is 0 Å². The minimum atomic E-state index is -3.88. The van der Waals surface area contributed by atoms with Gasteiger partial charge in [-0.1, -0.05) is 56.3 Å². The molecule has 0 saturated carbocycles. The number of aromatic nitrogens is 2. The van der Waals surface area contributed by atoms with Crippen LogP contribution in [0.1, 0.15) is 13.8 Å². The minimum Gasteiger partial charge on any atom is -0.431 e. The molecule has 0 aliphatic rings. The van der Waals surface area contributed by atoms with Gasteiger partial charge in [0, 0.05) is 24.7 Å². The maximum absolute atomic E-state index is 12.9. The number of rotatable bonds is 8. The maximum Gasteiger partial charge on any atom is 0.312 e. The highest BCUT2D eigenvalue weighted by Gasteiger charge is 2.27. The summed E-state index contributed by atoms with van der Waals surface area (Å²) in [5, 5.41) is 12.4. The highest BCUT2D eigenvalue weighted by Crippen LogP contribution is 2.36. The molecule has 1 heterocycles. The highest BCUT2D eigenvalue weighted by molar-refractivity contribution is 7.89. The zero-order valence-electron chi connectivity index (χ0n) is 18.6. The normalized spacial score (nSPS) is 11.6. The van der Waals surface area contributed by atoms with Crippen molar-refractivity contribution in [3.8, 4) is 23.0 Å². The molecule has 4 aromatic rings. The van der Waals surface area contributed by atoms with Gasteiger partial charge in [0.1, 0.15) is 0 Å². The summed E-state index contributed by atoms with van der Waals surface area (Å²) in [4.78, 5) is 20.1. The van der Waals surface area contributed by atoms with Gasteiger partial charge in [0.25, 0.3) is 0 Å². The van der Waals surface area contributed by atoms with Crippen molar-refractivity contribution < 1.29 is 18.1 Å². The second kappa shape index (κ2) is 9.54. The quantitative estimate of drug-likeness (QED) is 0.258. The predicted molar refractivity (Wildman–Crippen MR) is 128 cm³/mol. The van der Waals surface area contributed by atoms with Gasteiger partial charge in [0.15, 0.2) is 5.82 Å².